The largest absolute Gasteiger partial charge is 0.449 e. The van der Waals surface area contributed by atoms with Crippen LogP contribution in [0.5, 0.6) is 0 Å². The molecule has 0 bridgehead atoms. The molecule has 0 saturated heterocycles. The van der Waals surface area contributed by atoms with Crippen LogP contribution in [0.2, 0.25) is 5.02 Å². The summed E-state index contributed by atoms with van der Waals surface area (Å²) in [5.41, 5.74) is 4.92. The molecule has 19 heavy (non-hydrogen) atoms. The minimum absolute atomic E-state index is 0.00185. The Morgan fingerprint density at radius 2 is 1.95 bits per heavy atom. The number of sulfone groups is 1. The smallest absolute Gasteiger partial charge is 0.338 e. The fraction of sp³-hybridized carbons (Fsp3) is 0.273. The summed E-state index contributed by atoms with van der Waals surface area (Å²) in [5.74, 6) is -1.65. The van der Waals surface area contributed by atoms with E-state index in [0.29, 0.717) is 0 Å². The van der Waals surface area contributed by atoms with Crippen LogP contribution in [0.3, 0.4) is 0 Å². The van der Waals surface area contributed by atoms with Crippen molar-refractivity contribution in [1.29, 1.82) is 0 Å². The number of halogens is 1. The molecule has 1 amide bonds. The Morgan fingerprint density at radius 3 is 2.42 bits per heavy atom. The number of carbonyl (C=O) groups excluding carboxylic acids is 2. The molecule has 8 heteroatoms. The standard InChI is InChI=1S/C11H12ClNO5S/c1-6(10(13)14)18-11(15)7-3-4-8(12)9(5-7)19(2,16)17/h3-6H,1-2H3,(H2,13,14). The van der Waals surface area contributed by atoms with E-state index in [0.717, 1.165) is 12.3 Å². The van der Waals surface area contributed by atoms with Crippen LogP contribution in [0.1, 0.15) is 17.3 Å². The molecule has 0 heterocycles. The molecule has 1 aromatic rings. The van der Waals surface area contributed by atoms with Gasteiger partial charge in [0.1, 0.15) is 0 Å². The molecule has 1 atom stereocenters. The number of rotatable bonds is 4. The summed E-state index contributed by atoms with van der Waals surface area (Å²) in [5, 5.41) is 0.00185. The third kappa shape index (κ3) is 3.93. The Morgan fingerprint density at radius 1 is 1.37 bits per heavy atom. The van der Waals surface area contributed by atoms with Gasteiger partial charge in [0.05, 0.1) is 15.5 Å². The maximum atomic E-state index is 11.7. The Labute approximate surface area is 115 Å². The SMILES string of the molecule is CC(OC(=O)c1ccc(Cl)c(S(C)(=O)=O)c1)C(N)=O. The molecule has 0 aliphatic heterocycles. The minimum atomic E-state index is -3.57. The van der Waals surface area contributed by atoms with Crippen molar-refractivity contribution in [2.75, 3.05) is 6.26 Å². The summed E-state index contributed by atoms with van der Waals surface area (Å²) in [6, 6.07) is 3.66. The van der Waals surface area contributed by atoms with Crippen LogP contribution in [0.25, 0.3) is 0 Å². The van der Waals surface area contributed by atoms with Crippen molar-refractivity contribution in [2.24, 2.45) is 5.73 Å². The summed E-state index contributed by atoms with van der Waals surface area (Å²) in [4.78, 5) is 22.3. The lowest BCUT2D eigenvalue weighted by Gasteiger charge is -2.10. The number of esters is 1. The summed E-state index contributed by atoms with van der Waals surface area (Å²) < 4.78 is 27.7. The number of nitrogens with two attached hydrogens (primary N) is 1. The van der Waals surface area contributed by atoms with Gasteiger partial charge in [-0.05, 0) is 25.1 Å². The average Bonchev–Trinajstić information content (AvgIpc) is 2.27. The minimum Gasteiger partial charge on any atom is -0.449 e. The third-order valence-corrected chi connectivity index (χ3v) is 3.83. The molecule has 2 N–H and O–H groups in total. The average molecular weight is 306 g/mol. The molecular formula is C11H12ClNO5S. The van der Waals surface area contributed by atoms with Crippen molar-refractivity contribution in [2.45, 2.75) is 17.9 Å². The van der Waals surface area contributed by atoms with Crippen molar-refractivity contribution < 1.29 is 22.7 Å². The fourth-order valence-electron chi connectivity index (χ4n) is 1.20. The van der Waals surface area contributed by atoms with Gasteiger partial charge in [0.25, 0.3) is 5.91 Å². The molecule has 0 fully saturated rings. The lowest BCUT2D eigenvalue weighted by molar-refractivity contribution is -0.125. The van der Waals surface area contributed by atoms with Crippen molar-refractivity contribution in [1.82, 2.24) is 0 Å². The molecule has 0 aromatic heterocycles. The van der Waals surface area contributed by atoms with Crippen molar-refractivity contribution in [3.8, 4) is 0 Å². The maximum Gasteiger partial charge on any atom is 0.338 e. The Bertz CT molecular complexity index is 626. The molecule has 1 rings (SSSR count). The maximum absolute atomic E-state index is 11.7. The molecule has 1 unspecified atom stereocenters. The van der Waals surface area contributed by atoms with Crippen LogP contribution >= 0.6 is 11.6 Å². The summed E-state index contributed by atoms with van der Waals surface area (Å²) in [6.45, 7) is 1.31. The van der Waals surface area contributed by atoms with E-state index in [1.165, 1.54) is 19.1 Å². The van der Waals surface area contributed by atoms with Crippen LogP contribution in [-0.4, -0.2) is 32.7 Å². The van der Waals surface area contributed by atoms with Crippen LogP contribution in [-0.2, 0) is 19.4 Å². The zero-order chi connectivity index (χ0) is 14.8. The van der Waals surface area contributed by atoms with Crippen LogP contribution in [0.4, 0.5) is 0 Å². The molecule has 104 valence electrons. The van der Waals surface area contributed by atoms with E-state index in [4.69, 9.17) is 22.1 Å². The molecule has 0 aliphatic carbocycles. The first-order chi connectivity index (χ1) is 8.62. The second-order valence-corrected chi connectivity index (χ2v) is 6.26. The normalized spacial score (nSPS) is 12.8. The zero-order valence-electron chi connectivity index (χ0n) is 10.2. The molecule has 0 radical (unpaired) electrons. The van der Waals surface area contributed by atoms with Gasteiger partial charge in [-0.15, -0.1) is 0 Å². The Hall–Kier alpha value is -1.60. The highest BCUT2D eigenvalue weighted by Crippen LogP contribution is 2.23. The van der Waals surface area contributed by atoms with Gasteiger partial charge in [-0.25, -0.2) is 13.2 Å². The molecule has 1 aromatic carbocycles. The van der Waals surface area contributed by atoms with E-state index < -0.39 is 27.8 Å². The Balaban J connectivity index is 3.10. The number of hydrogen-bond donors (Lipinski definition) is 1. The third-order valence-electron chi connectivity index (χ3n) is 2.25. The van der Waals surface area contributed by atoms with E-state index in [2.05, 4.69) is 0 Å². The highest BCUT2D eigenvalue weighted by Gasteiger charge is 2.19. The second kappa shape index (κ2) is 5.58. The summed E-state index contributed by atoms with van der Waals surface area (Å²) in [6.07, 6.45) is -0.139. The lowest BCUT2D eigenvalue weighted by Crippen LogP contribution is -2.30. The monoisotopic (exact) mass is 305 g/mol. The van der Waals surface area contributed by atoms with E-state index in [9.17, 15) is 18.0 Å². The first kappa shape index (κ1) is 15.5. The lowest BCUT2D eigenvalue weighted by atomic mass is 10.2. The van der Waals surface area contributed by atoms with Crippen molar-refractivity contribution >= 4 is 33.3 Å². The quantitative estimate of drug-likeness (QED) is 0.828. The van der Waals surface area contributed by atoms with Crippen LogP contribution in [0.15, 0.2) is 23.1 Å². The van der Waals surface area contributed by atoms with Gasteiger partial charge < -0.3 is 10.5 Å². The van der Waals surface area contributed by atoms with E-state index in [1.54, 1.807) is 0 Å². The van der Waals surface area contributed by atoms with Gasteiger partial charge in [-0.3, -0.25) is 4.79 Å². The Kier molecular flexibility index (Phi) is 4.54. The topological polar surface area (TPSA) is 104 Å². The predicted octanol–water partition coefficient (Wildman–Crippen LogP) is 0.774. The van der Waals surface area contributed by atoms with E-state index in [1.807, 2.05) is 0 Å². The number of amides is 1. The fourth-order valence-corrected chi connectivity index (χ4v) is 2.50. The molecule has 0 aliphatic rings. The van der Waals surface area contributed by atoms with Gasteiger partial charge in [-0.1, -0.05) is 11.6 Å². The molecule has 0 saturated carbocycles. The van der Waals surface area contributed by atoms with Crippen LogP contribution < -0.4 is 5.73 Å². The van der Waals surface area contributed by atoms with Crippen molar-refractivity contribution in [3.05, 3.63) is 28.8 Å². The van der Waals surface area contributed by atoms with Gasteiger partial charge in [0.15, 0.2) is 15.9 Å². The predicted molar refractivity (Wildman–Crippen MR) is 68.6 cm³/mol. The first-order valence-electron chi connectivity index (χ1n) is 5.13. The highest BCUT2D eigenvalue weighted by atomic mass is 35.5. The van der Waals surface area contributed by atoms with Crippen molar-refractivity contribution in [3.63, 3.8) is 0 Å². The number of carbonyl (C=O) groups is 2. The number of primary amides is 1. The van der Waals surface area contributed by atoms with E-state index >= 15 is 0 Å². The molecular weight excluding hydrogens is 294 g/mol. The summed E-state index contributed by atoms with van der Waals surface area (Å²) >= 11 is 5.74. The number of hydrogen-bond acceptors (Lipinski definition) is 5. The first-order valence-corrected chi connectivity index (χ1v) is 7.39. The number of benzene rings is 1. The molecule has 6 nitrogen and oxygen atoms in total. The van der Waals surface area contributed by atoms with Gasteiger partial charge in [-0.2, -0.15) is 0 Å². The number of ether oxygens (including phenoxy) is 1. The van der Waals surface area contributed by atoms with E-state index in [-0.39, 0.29) is 15.5 Å². The zero-order valence-corrected chi connectivity index (χ0v) is 11.8. The van der Waals surface area contributed by atoms with Gasteiger partial charge in [0, 0.05) is 6.26 Å². The van der Waals surface area contributed by atoms with Gasteiger partial charge in [0.2, 0.25) is 0 Å². The summed E-state index contributed by atoms with van der Waals surface area (Å²) in [7, 11) is -3.57. The highest BCUT2D eigenvalue weighted by molar-refractivity contribution is 7.90. The van der Waals surface area contributed by atoms with Gasteiger partial charge >= 0.3 is 5.97 Å². The van der Waals surface area contributed by atoms with Crippen LogP contribution in [0, 0.1) is 0 Å². The molecule has 0 spiro atoms. The second-order valence-electron chi connectivity index (χ2n) is 3.87.